The molecular formula is C14H10Cl3. The minimum Gasteiger partial charge on any atom is -0.0833 e. The second-order valence-corrected chi connectivity index (χ2v) is 6.29. The highest BCUT2D eigenvalue weighted by atomic mass is 35.6. The Kier molecular flexibility index (Phi) is 3.98. The number of hydrogen-bond acceptors (Lipinski definition) is 0. The largest absolute Gasteiger partial charge is 0.194 e. The van der Waals surface area contributed by atoms with E-state index in [4.69, 9.17) is 34.8 Å². The highest BCUT2D eigenvalue weighted by molar-refractivity contribution is 6.67. The smallest absolute Gasteiger partial charge is 0.0833 e. The summed E-state index contributed by atoms with van der Waals surface area (Å²) in [6.45, 7) is 0. The molecule has 0 aromatic heterocycles. The Bertz CT molecular complexity index is 469. The van der Waals surface area contributed by atoms with Gasteiger partial charge in [0.25, 0.3) is 0 Å². The van der Waals surface area contributed by atoms with E-state index < -0.39 is 3.79 Å². The summed E-state index contributed by atoms with van der Waals surface area (Å²) in [7, 11) is 0. The van der Waals surface area contributed by atoms with Crippen LogP contribution >= 0.6 is 34.8 Å². The predicted molar refractivity (Wildman–Crippen MR) is 74.7 cm³/mol. The van der Waals surface area contributed by atoms with Crippen LogP contribution in [0.15, 0.2) is 48.5 Å². The molecule has 2 rings (SSSR count). The van der Waals surface area contributed by atoms with Crippen LogP contribution in [0.5, 0.6) is 0 Å². The lowest BCUT2D eigenvalue weighted by Gasteiger charge is -2.11. The van der Waals surface area contributed by atoms with Crippen molar-refractivity contribution in [1.29, 1.82) is 0 Å². The van der Waals surface area contributed by atoms with Gasteiger partial charge < -0.3 is 0 Å². The van der Waals surface area contributed by atoms with E-state index in [-0.39, 0.29) is 0 Å². The van der Waals surface area contributed by atoms with Crippen molar-refractivity contribution >= 4 is 34.8 Å². The zero-order valence-electron chi connectivity index (χ0n) is 8.96. The van der Waals surface area contributed by atoms with Crippen LogP contribution in [0.3, 0.4) is 0 Å². The maximum Gasteiger partial charge on any atom is 0.194 e. The third-order valence-electron chi connectivity index (χ3n) is 2.41. The van der Waals surface area contributed by atoms with Crippen LogP contribution in [-0.4, -0.2) is 3.79 Å². The lowest BCUT2D eigenvalue weighted by Crippen LogP contribution is -2.06. The number of alkyl halides is 3. The van der Waals surface area contributed by atoms with E-state index in [2.05, 4.69) is 6.07 Å². The number of benzene rings is 2. The van der Waals surface area contributed by atoms with Crippen molar-refractivity contribution in [2.45, 2.75) is 10.2 Å². The molecule has 0 saturated heterocycles. The summed E-state index contributed by atoms with van der Waals surface area (Å²) < 4.78 is -1.23. The van der Waals surface area contributed by atoms with E-state index in [0.29, 0.717) is 6.42 Å². The van der Waals surface area contributed by atoms with Gasteiger partial charge in [-0.3, -0.25) is 0 Å². The number of rotatable bonds is 2. The molecule has 0 saturated carbocycles. The summed E-state index contributed by atoms with van der Waals surface area (Å²) in [5, 5.41) is 0. The van der Waals surface area contributed by atoms with Gasteiger partial charge in [-0.1, -0.05) is 83.3 Å². The quantitative estimate of drug-likeness (QED) is 0.676. The average Bonchev–Trinajstić information content (AvgIpc) is 2.29. The maximum atomic E-state index is 5.75. The second kappa shape index (κ2) is 5.30. The zero-order chi connectivity index (χ0) is 12.3. The summed E-state index contributed by atoms with van der Waals surface area (Å²) in [6, 6.07) is 18.8. The van der Waals surface area contributed by atoms with Crippen LogP contribution in [0.1, 0.15) is 5.56 Å². The van der Waals surface area contributed by atoms with Gasteiger partial charge >= 0.3 is 0 Å². The Morgan fingerprint density at radius 1 is 0.824 bits per heavy atom. The fourth-order valence-electron chi connectivity index (χ4n) is 1.63. The van der Waals surface area contributed by atoms with Crippen LogP contribution in [0.25, 0.3) is 11.1 Å². The molecule has 17 heavy (non-hydrogen) atoms. The van der Waals surface area contributed by atoms with E-state index >= 15 is 0 Å². The van der Waals surface area contributed by atoms with Crippen molar-refractivity contribution in [3.05, 3.63) is 60.2 Å². The lowest BCUT2D eigenvalue weighted by atomic mass is 10.0. The summed E-state index contributed by atoms with van der Waals surface area (Å²) in [5.74, 6) is 0. The molecule has 0 heterocycles. The molecule has 0 aliphatic rings. The highest BCUT2D eigenvalue weighted by Gasteiger charge is 2.19. The first-order valence-corrected chi connectivity index (χ1v) is 6.30. The molecule has 0 nitrogen and oxygen atoms in total. The monoisotopic (exact) mass is 283 g/mol. The van der Waals surface area contributed by atoms with Crippen LogP contribution in [0.4, 0.5) is 0 Å². The van der Waals surface area contributed by atoms with Crippen molar-refractivity contribution in [3.63, 3.8) is 0 Å². The fraction of sp³-hybridized carbons (Fsp3) is 0.143. The van der Waals surface area contributed by atoms with Crippen LogP contribution in [0, 0.1) is 6.07 Å². The lowest BCUT2D eigenvalue weighted by molar-refractivity contribution is 1.02. The van der Waals surface area contributed by atoms with Gasteiger partial charge in [0.05, 0.1) is 0 Å². The molecule has 0 N–H and O–H groups in total. The first-order valence-electron chi connectivity index (χ1n) is 5.17. The van der Waals surface area contributed by atoms with Gasteiger partial charge in [0, 0.05) is 6.42 Å². The molecule has 0 aliphatic carbocycles. The Hall–Kier alpha value is -0.690. The van der Waals surface area contributed by atoms with Crippen molar-refractivity contribution in [2.24, 2.45) is 0 Å². The summed E-state index contributed by atoms with van der Waals surface area (Å²) in [5.41, 5.74) is 3.31. The van der Waals surface area contributed by atoms with Gasteiger partial charge in [0.15, 0.2) is 3.79 Å². The predicted octanol–water partition coefficient (Wildman–Crippen LogP) is 5.07. The topological polar surface area (TPSA) is 0 Å². The Morgan fingerprint density at radius 3 is 1.88 bits per heavy atom. The highest BCUT2D eigenvalue weighted by Crippen LogP contribution is 2.31. The summed E-state index contributed by atoms with van der Waals surface area (Å²) in [4.78, 5) is 0. The van der Waals surface area contributed by atoms with E-state index in [0.717, 1.165) is 16.7 Å². The molecule has 0 fully saturated rings. The van der Waals surface area contributed by atoms with Gasteiger partial charge in [0.1, 0.15) is 0 Å². The van der Waals surface area contributed by atoms with Gasteiger partial charge in [0.2, 0.25) is 0 Å². The summed E-state index contributed by atoms with van der Waals surface area (Å²) >= 11 is 17.3. The standard InChI is InChI=1S/C14H10Cl3/c15-14(16,17)10-11-6-8-13(9-7-11)12-4-2-1-3-5-12/h2-9H,10H2. The summed E-state index contributed by atoms with van der Waals surface area (Å²) in [6.07, 6.45) is 0.417. The molecule has 0 aliphatic heterocycles. The van der Waals surface area contributed by atoms with Gasteiger partial charge in [-0.2, -0.15) is 0 Å². The third-order valence-corrected chi connectivity index (χ3v) is 2.81. The van der Waals surface area contributed by atoms with Crippen LogP contribution in [-0.2, 0) is 6.42 Å². The van der Waals surface area contributed by atoms with E-state index in [1.165, 1.54) is 0 Å². The maximum absolute atomic E-state index is 5.75. The number of hydrogen-bond donors (Lipinski definition) is 0. The molecule has 0 bridgehead atoms. The molecule has 0 atom stereocenters. The number of halogens is 3. The van der Waals surface area contributed by atoms with Gasteiger partial charge in [-0.05, 0) is 22.8 Å². The van der Waals surface area contributed by atoms with Crippen molar-refractivity contribution < 1.29 is 0 Å². The second-order valence-electron chi connectivity index (χ2n) is 3.78. The molecule has 1 radical (unpaired) electrons. The Balaban J connectivity index is 2.19. The molecular weight excluding hydrogens is 275 g/mol. The molecule has 2 aromatic carbocycles. The van der Waals surface area contributed by atoms with Crippen LogP contribution < -0.4 is 0 Å². The fourth-order valence-corrected chi connectivity index (χ4v) is 2.09. The normalized spacial score (nSPS) is 11.5. The van der Waals surface area contributed by atoms with Gasteiger partial charge in [-0.25, -0.2) is 0 Å². The molecule has 0 amide bonds. The van der Waals surface area contributed by atoms with E-state index in [9.17, 15) is 0 Å². The molecule has 3 heteroatoms. The molecule has 0 spiro atoms. The Labute approximate surface area is 116 Å². The SMILES string of the molecule is ClC(Cl)(Cl)Cc1ccc(-c2cc[c]cc2)cc1. The van der Waals surface area contributed by atoms with E-state index in [1.807, 2.05) is 48.5 Å². The first-order chi connectivity index (χ1) is 8.04. The minimum atomic E-state index is -1.23. The molecule has 0 unspecified atom stereocenters. The third kappa shape index (κ3) is 3.92. The molecule has 2 aromatic rings. The average molecular weight is 285 g/mol. The first kappa shape index (κ1) is 12.8. The van der Waals surface area contributed by atoms with Crippen LogP contribution in [0.2, 0.25) is 0 Å². The van der Waals surface area contributed by atoms with Crippen molar-refractivity contribution in [2.75, 3.05) is 0 Å². The minimum absolute atomic E-state index is 0.417. The van der Waals surface area contributed by atoms with Gasteiger partial charge in [-0.15, -0.1) is 0 Å². The Morgan fingerprint density at radius 2 is 1.35 bits per heavy atom. The molecule has 87 valence electrons. The van der Waals surface area contributed by atoms with Crippen molar-refractivity contribution in [1.82, 2.24) is 0 Å². The van der Waals surface area contributed by atoms with E-state index in [1.54, 1.807) is 0 Å². The zero-order valence-corrected chi connectivity index (χ0v) is 11.2. The van der Waals surface area contributed by atoms with Crippen molar-refractivity contribution in [3.8, 4) is 11.1 Å².